The third kappa shape index (κ3) is 19.8. The summed E-state index contributed by atoms with van der Waals surface area (Å²) in [5.74, 6) is 0. The summed E-state index contributed by atoms with van der Waals surface area (Å²) < 4.78 is 15.6. The lowest BCUT2D eigenvalue weighted by atomic mass is 10.1. The molecule has 0 rings (SSSR count). The smallest absolute Gasteiger partial charge is 0.178 e. The van der Waals surface area contributed by atoms with Crippen LogP contribution in [0.25, 0.3) is 0 Å². The Morgan fingerprint density at radius 2 is 1.21 bits per heavy atom. The molecule has 1 atom stereocenters. The van der Waals surface area contributed by atoms with E-state index in [2.05, 4.69) is 6.92 Å². The van der Waals surface area contributed by atoms with Crippen LogP contribution in [0.2, 0.25) is 0 Å². The molecule has 24 heavy (non-hydrogen) atoms. The molecule has 0 aromatic rings. The molecule has 2 N–H and O–H groups in total. The molecule has 0 aliphatic rings. The second-order valence-corrected chi connectivity index (χ2v) is 6.27. The standard InChI is InChI=1S/C19H40O5/c1-2-3-4-5-6-7-8-9-10-11-12-14-24-19(21)18-23-17-16-22-15-13-20/h19-21H,2-18H2,1H3. The molecule has 0 fully saturated rings. The van der Waals surface area contributed by atoms with E-state index in [1.165, 1.54) is 64.2 Å². The second-order valence-electron chi connectivity index (χ2n) is 6.27. The molecule has 0 radical (unpaired) electrons. The Labute approximate surface area is 148 Å². The molecule has 0 aromatic heterocycles. The van der Waals surface area contributed by atoms with Gasteiger partial charge in [-0.05, 0) is 6.42 Å². The fourth-order valence-corrected chi connectivity index (χ4v) is 2.50. The Morgan fingerprint density at radius 3 is 1.79 bits per heavy atom. The van der Waals surface area contributed by atoms with Crippen molar-refractivity contribution in [3.8, 4) is 0 Å². The van der Waals surface area contributed by atoms with Crippen LogP contribution < -0.4 is 0 Å². The molecule has 0 aromatic carbocycles. The van der Waals surface area contributed by atoms with Crippen molar-refractivity contribution in [1.82, 2.24) is 0 Å². The molecule has 5 heteroatoms. The summed E-state index contributed by atoms with van der Waals surface area (Å²) in [6.45, 7) is 4.17. The summed E-state index contributed by atoms with van der Waals surface area (Å²) in [6, 6.07) is 0. The zero-order valence-electron chi connectivity index (χ0n) is 15.7. The highest BCUT2D eigenvalue weighted by Gasteiger charge is 2.03. The maximum Gasteiger partial charge on any atom is 0.178 e. The average molecular weight is 349 g/mol. The lowest BCUT2D eigenvalue weighted by Gasteiger charge is -2.12. The molecule has 0 aliphatic carbocycles. The van der Waals surface area contributed by atoms with Crippen LogP contribution in [0.4, 0.5) is 0 Å². The first-order valence-electron chi connectivity index (χ1n) is 9.87. The van der Waals surface area contributed by atoms with Crippen molar-refractivity contribution in [2.75, 3.05) is 39.6 Å². The predicted molar refractivity (Wildman–Crippen MR) is 97.1 cm³/mol. The minimum absolute atomic E-state index is 0.0185. The minimum atomic E-state index is -0.856. The van der Waals surface area contributed by atoms with Gasteiger partial charge >= 0.3 is 0 Å². The van der Waals surface area contributed by atoms with Gasteiger partial charge in [0, 0.05) is 6.61 Å². The topological polar surface area (TPSA) is 68.2 Å². The van der Waals surface area contributed by atoms with Gasteiger partial charge in [-0.1, -0.05) is 71.1 Å². The SMILES string of the molecule is CCCCCCCCCCCCCOC(O)COCCOCCO. The van der Waals surface area contributed by atoms with E-state index in [-0.39, 0.29) is 13.2 Å². The number of unbranched alkanes of at least 4 members (excludes halogenated alkanes) is 10. The van der Waals surface area contributed by atoms with Crippen molar-refractivity contribution >= 4 is 0 Å². The average Bonchev–Trinajstić information content (AvgIpc) is 2.59. The van der Waals surface area contributed by atoms with Gasteiger partial charge in [0.05, 0.1) is 33.0 Å². The molecule has 0 aliphatic heterocycles. The van der Waals surface area contributed by atoms with Gasteiger partial charge in [0.2, 0.25) is 0 Å². The van der Waals surface area contributed by atoms with E-state index >= 15 is 0 Å². The van der Waals surface area contributed by atoms with Crippen molar-refractivity contribution < 1.29 is 24.4 Å². The molecule has 0 saturated heterocycles. The molecule has 146 valence electrons. The van der Waals surface area contributed by atoms with Crippen molar-refractivity contribution in [2.45, 2.75) is 83.8 Å². The van der Waals surface area contributed by atoms with Gasteiger partial charge in [-0.2, -0.15) is 0 Å². The summed E-state index contributed by atoms with van der Waals surface area (Å²) in [7, 11) is 0. The summed E-state index contributed by atoms with van der Waals surface area (Å²) in [6.07, 6.45) is 13.5. The molecule has 1 unspecified atom stereocenters. The van der Waals surface area contributed by atoms with Gasteiger partial charge in [-0.25, -0.2) is 0 Å². The maximum absolute atomic E-state index is 9.59. The molecule has 0 heterocycles. The number of hydrogen-bond acceptors (Lipinski definition) is 5. The molecule has 0 spiro atoms. The van der Waals surface area contributed by atoms with Crippen LogP contribution in [0.15, 0.2) is 0 Å². The van der Waals surface area contributed by atoms with E-state index in [0.29, 0.717) is 26.4 Å². The van der Waals surface area contributed by atoms with Gasteiger partial charge in [0.25, 0.3) is 0 Å². The quantitative estimate of drug-likeness (QED) is 0.260. The molecule has 0 bridgehead atoms. The van der Waals surface area contributed by atoms with E-state index < -0.39 is 6.29 Å². The van der Waals surface area contributed by atoms with Crippen molar-refractivity contribution in [3.63, 3.8) is 0 Å². The van der Waals surface area contributed by atoms with Crippen molar-refractivity contribution in [2.24, 2.45) is 0 Å². The van der Waals surface area contributed by atoms with Crippen molar-refractivity contribution in [1.29, 1.82) is 0 Å². The van der Waals surface area contributed by atoms with Crippen LogP contribution in [0, 0.1) is 0 Å². The van der Waals surface area contributed by atoms with Gasteiger partial charge in [-0.15, -0.1) is 0 Å². The molecule has 5 nitrogen and oxygen atoms in total. The third-order valence-corrected chi connectivity index (χ3v) is 3.93. The number of aliphatic hydroxyl groups is 2. The Hall–Kier alpha value is -0.200. The summed E-state index contributed by atoms with van der Waals surface area (Å²) in [5.41, 5.74) is 0. The van der Waals surface area contributed by atoms with E-state index in [1.807, 2.05) is 0 Å². The summed E-state index contributed by atoms with van der Waals surface area (Å²) in [5, 5.41) is 18.1. The second kappa shape index (κ2) is 20.8. The number of rotatable bonds is 20. The first kappa shape index (κ1) is 23.8. The fraction of sp³-hybridized carbons (Fsp3) is 1.00. The number of aliphatic hydroxyl groups excluding tert-OH is 2. The van der Waals surface area contributed by atoms with Gasteiger partial charge in [0.1, 0.15) is 0 Å². The zero-order valence-corrected chi connectivity index (χ0v) is 15.7. The largest absolute Gasteiger partial charge is 0.394 e. The van der Waals surface area contributed by atoms with E-state index in [0.717, 1.165) is 6.42 Å². The lowest BCUT2D eigenvalue weighted by molar-refractivity contribution is -0.141. The first-order valence-corrected chi connectivity index (χ1v) is 9.87. The molecule has 0 saturated carbocycles. The Bertz CT molecular complexity index is 226. The summed E-state index contributed by atoms with van der Waals surface area (Å²) >= 11 is 0. The number of hydrogen-bond donors (Lipinski definition) is 2. The third-order valence-electron chi connectivity index (χ3n) is 3.93. The van der Waals surface area contributed by atoms with E-state index in [1.54, 1.807) is 0 Å². The Morgan fingerprint density at radius 1 is 0.667 bits per heavy atom. The van der Waals surface area contributed by atoms with Gasteiger partial charge in [-0.3, -0.25) is 0 Å². The predicted octanol–water partition coefficient (Wildman–Crippen LogP) is 3.66. The van der Waals surface area contributed by atoms with Crippen LogP contribution in [0.5, 0.6) is 0 Å². The molecular formula is C19H40O5. The van der Waals surface area contributed by atoms with E-state index in [4.69, 9.17) is 19.3 Å². The maximum atomic E-state index is 9.59. The van der Waals surface area contributed by atoms with Crippen LogP contribution >= 0.6 is 0 Å². The highest BCUT2D eigenvalue weighted by atomic mass is 16.6. The lowest BCUT2D eigenvalue weighted by Crippen LogP contribution is -2.21. The fourth-order valence-electron chi connectivity index (χ4n) is 2.50. The zero-order chi connectivity index (χ0) is 17.7. The Kier molecular flexibility index (Phi) is 20.7. The monoisotopic (exact) mass is 348 g/mol. The highest BCUT2D eigenvalue weighted by molar-refractivity contribution is 4.48. The van der Waals surface area contributed by atoms with Crippen LogP contribution in [0.1, 0.15) is 77.6 Å². The minimum Gasteiger partial charge on any atom is -0.394 e. The molecule has 0 amide bonds. The summed E-state index contributed by atoms with van der Waals surface area (Å²) in [4.78, 5) is 0. The van der Waals surface area contributed by atoms with E-state index in [9.17, 15) is 5.11 Å². The van der Waals surface area contributed by atoms with Crippen LogP contribution in [0.3, 0.4) is 0 Å². The van der Waals surface area contributed by atoms with Crippen LogP contribution in [-0.2, 0) is 14.2 Å². The molecular weight excluding hydrogens is 308 g/mol. The highest BCUT2D eigenvalue weighted by Crippen LogP contribution is 2.11. The van der Waals surface area contributed by atoms with Gasteiger partial charge < -0.3 is 24.4 Å². The number of ether oxygens (including phenoxy) is 3. The van der Waals surface area contributed by atoms with Gasteiger partial charge in [0.15, 0.2) is 6.29 Å². The Balaban J connectivity index is 3.10. The first-order chi connectivity index (χ1) is 11.8. The normalized spacial score (nSPS) is 12.6. The van der Waals surface area contributed by atoms with Crippen molar-refractivity contribution in [3.05, 3.63) is 0 Å². The van der Waals surface area contributed by atoms with Crippen LogP contribution in [-0.4, -0.2) is 56.1 Å².